The minimum Gasteiger partial charge on any atom is -0.324 e. The molecule has 0 spiro atoms. The second-order valence-electron chi connectivity index (χ2n) is 5.23. The molecule has 1 aromatic carbocycles. The van der Waals surface area contributed by atoms with Crippen LogP contribution in [0.4, 0.5) is 0 Å². The number of rotatable bonds is 6. The summed E-state index contributed by atoms with van der Waals surface area (Å²) in [4.78, 5) is 3.71. The standard InChI is InChI=1S/C16H20BrClN2S/c1-11(16-4-3-9-21-16)20(2)8-7-15(19)13-6-5-12(17)10-14(13)18/h3-6,9-11,15H,7-8,19H2,1-2H3. The largest absolute Gasteiger partial charge is 0.324 e. The molecule has 0 fully saturated rings. The summed E-state index contributed by atoms with van der Waals surface area (Å²) in [7, 11) is 2.14. The Balaban J connectivity index is 1.93. The molecule has 0 radical (unpaired) electrons. The fraction of sp³-hybridized carbons (Fsp3) is 0.375. The number of benzene rings is 1. The Morgan fingerprint density at radius 3 is 2.76 bits per heavy atom. The van der Waals surface area contributed by atoms with E-state index in [2.05, 4.69) is 52.3 Å². The molecule has 0 bridgehead atoms. The first-order valence-electron chi connectivity index (χ1n) is 6.93. The van der Waals surface area contributed by atoms with E-state index >= 15 is 0 Å². The molecule has 2 N–H and O–H groups in total. The molecule has 1 heterocycles. The molecule has 114 valence electrons. The van der Waals surface area contributed by atoms with Gasteiger partial charge in [-0.15, -0.1) is 11.3 Å². The quantitative estimate of drug-likeness (QED) is 0.733. The first-order chi connectivity index (χ1) is 9.99. The molecule has 21 heavy (non-hydrogen) atoms. The Kier molecular flexibility index (Phi) is 6.26. The van der Waals surface area contributed by atoms with Crippen LogP contribution in [0.1, 0.15) is 35.9 Å². The van der Waals surface area contributed by atoms with Crippen molar-refractivity contribution in [2.75, 3.05) is 13.6 Å². The molecule has 0 saturated carbocycles. The highest BCUT2D eigenvalue weighted by Crippen LogP contribution is 2.28. The van der Waals surface area contributed by atoms with Crippen LogP contribution < -0.4 is 5.73 Å². The number of halogens is 2. The van der Waals surface area contributed by atoms with E-state index in [0.29, 0.717) is 6.04 Å². The SMILES string of the molecule is CC(c1cccs1)N(C)CCC(N)c1ccc(Br)cc1Cl. The van der Waals surface area contributed by atoms with Crippen molar-refractivity contribution >= 4 is 38.9 Å². The Labute approximate surface area is 144 Å². The zero-order chi connectivity index (χ0) is 15.4. The van der Waals surface area contributed by atoms with E-state index in [1.807, 2.05) is 18.2 Å². The molecule has 2 nitrogen and oxygen atoms in total. The summed E-state index contributed by atoms with van der Waals surface area (Å²) in [6.07, 6.45) is 0.883. The molecular weight excluding hydrogens is 368 g/mol. The maximum absolute atomic E-state index is 6.29. The highest BCUT2D eigenvalue weighted by Gasteiger charge is 2.15. The van der Waals surface area contributed by atoms with Gasteiger partial charge >= 0.3 is 0 Å². The molecule has 2 aromatic rings. The van der Waals surface area contributed by atoms with Crippen molar-refractivity contribution in [3.63, 3.8) is 0 Å². The van der Waals surface area contributed by atoms with Crippen molar-refractivity contribution in [2.45, 2.75) is 25.4 Å². The van der Waals surface area contributed by atoms with Crippen molar-refractivity contribution in [3.05, 3.63) is 55.6 Å². The third-order valence-corrected chi connectivity index (χ3v) is 5.63. The molecule has 5 heteroatoms. The lowest BCUT2D eigenvalue weighted by Gasteiger charge is -2.25. The van der Waals surface area contributed by atoms with Crippen molar-refractivity contribution in [3.8, 4) is 0 Å². The van der Waals surface area contributed by atoms with Gasteiger partial charge in [-0.05, 0) is 49.5 Å². The third-order valence-electron chi connectivity index (χ3n) is 3.77. The van der Waals surface area contributed by atoms with Gasteiger partial charge in [0.25, 0.3) is 0 Å². The highest BCUT2D eigenvalue weighted by molar-refractivity contribution is 9.10. The molecule has 2 atom stereocenters. The van der Waals surface area contributed by atoms with Crippen LogP contribution in [0.15, 0.2) is 40.2 Å². The molecule has 0 saturated heterocycles. The Morgan fingerprint density at radius 1 is 1.38 bits per heavy atom. The molecular formula is C16H20BrClN2S. The van der Waals surface area contributed by atoms with E-state index in [1.54, 1.807) is 11.3 Å². The van der Waals surface area contributed by atoms with Gasteiger partial charge in [-0.3, -0.25) is 4.90 Å². The molecule has 2 unspecified atom stereocenters. The fourth-order valence-corrected chi connectivity index (χ4v) is 3.90. The smallest absolute Gasteiger partial charge is 0.0464 e. The van der Waals surface area contributed by atoms with E-state index in [1.165, 1.54) is 4.88 Å². The number of hydrogen-bond acceptors (Lipinski definition) is 3. The molecule has 2 rings (SSSR count). The zero-order valence-electron chi connectivity index (χ0n) is 12.2. The number of thiophene rings is 1. The lowest BCUT2D eigenvalue weighted by atomic mass is 10.0. The molecule has 0 amide bonds. The summed E-state index contributed by atoms with van der Waals surface area (Å²) >= 11 is 11.5. The molecule has 0 aliphatic carbocycles. The van der Waals surface area contributed by atoms with E-state index in [0.717, 1.165) is 28.0 Å². The van der Waals surface area contributed by atoms with E-state index in [9.17, 15) is 0 Å². The lowest BCUT2D eigenvalue weighted by Crippen LogP contribution is -2.26. The van der Waals surface area contributed by atoms with Gasteiger partial charge in [-0.2, -0.15) is 0 Å². The van der Waals surface area contributed by atoms with Crippen molar-refractivity contribution < 1.29 is 0 Å². The average Bonchev–Trinajstić information content (AvgIpc) is 2.97. The van der Waals surface area contributed by atoms with Gasteiger partial charge in [0.15, 0.2) is 0 Å². The molecule has 1 aromatic heterocycles. The van der Waals surface area contributed by atoms with Gasteiger partial charge in [-0.1, -0.05) is 39.7 Å². The second kappa shape index (κ2) is 7.75. The van der Waals surface area contributed by atoms with Gasteiger partial charge in [0, 0.05) is 33.0 Å². The fourth-order valence-electron chi connectivity index (χ4n) is 2.24. The summed E-state index contributed by atoms with van der Waals surface area (Å²) in [5.74, 6) is 0. The highest BCUT2D eigenvalue weighted by atomic mass is 79.9. The van der Waals surface area contributed by atoms with Crippen LogP contribution in [0.2, 0.25) is 5.02 Å². The summed E-state index contributed by atoms with van der Waals surface area (Å²) in [5, 5.41) is 2.85. The molecule has 0 aliphatic rings. The minimum atomic E-state index is -0.0383. The lowest BCUT2D eigenvalue weighted by molar-refractivity contribution is 0.254. The number of nitrogens with zero attached hydrogens (tertiary/aromatic N) is 1. The van der Waals surface area contributed by atoms with Gasteiger partial charge in [0.05, 0.1) is 0 Å². The monoisotopic (exact) mass is 386 g/mol. The average molecular weight is 388 g/mol. The normalized spacial score (nSPS) is 14.4. The van der Waals surface area contributed by atoms with Crippen LogP contribution in [-0.2, 0) is 0 Å². The predicted octanol–water partition coefficient (Wildman–Crippen LogP) is 5.25. The maximum Gasteiger partial charge on any atom is 0.0464 e. The van der Waals surface area contributed by atoms with Crippen LogP contribution >= 0.6 is 38.9 Å². The third kappa shape index (κ3) is 4.54. The first-order valence-corrected chi connectivity index (χ1v) is 8.98. The number of nitrogens with two attached hydrogens (primary N) is 1. The Morgan fingerprint density at radius 2 is 2.14 bits per heavy atom. The number of hydrogen-bond donors (Lipinski definition) is 1. The van der Waals surface area contributed by atoms with Crippen LogP contribution in [0.3, 0.4) is 0 Å². The predicted molar refractivity (Wildman–Crippen MR) is 96.1 cm³/mol. The summed E-state index contributed by atoms with van der Waals surface area (Å²) in [5.41, 5.74) is 7.30. The Hall–Kier alpha value is -0.390. The van der Waals surface area contributed by atoms with Crippen molar-refractivity contribution in [2.24, 2.45) is 5.73 Å². The van der Waals surface area contributed by atoms with Gasteiger partial charge in [-0.25, -0.2) is 0 Å². The van der Waals surface area contributed by atoms with Crippen LogP contribution in [-0.4, -0.2) is 18.5 Å². The van der Waals surface area contributed by atoms with Crippen molar-refractivity contribution in [1.29, 1.82) is 0 Å². The summed E-state index contributed by atoms with van der Waals surface area (Å²) in [6, 6.07) is 10.5. The van der Waals surface area contributed by atoms with Crippen LogP contribution in [0, 0.1) is 0 Å². The molecule has 0 aliphatic heterocycles. The Bertz CT molecular complexity index is 574. The van der Waals surface area contributed by atoms with E-state index in [4.69, 9.17) is 17.3 Å². The maximum atomic E-state index is 6.29. The van der Waals surface area contributed by atoms with E-state index in [-0.39, 0.29) is 6.04 Å². The summed E-state index contributed by atoms with van der Waals surface area (Å²) in [6.45, 7) is 3.16. The zero-order valence-corrected chi connectivity index (χ0v) is 15.4. The van der Waals surface area contributed by atoms with Crippen LogP contribution in [0.5, 0.6) is 0 Å². The topological polar surface area (TPSA) is 29.3 Å². The minimum absolute atomic E-state index is 0.0383. The van der Waals surface area contributed by atoms with Gasteiger partial charge < -0.3 is 5.73 Å². The van der Waals surface area contributed by atoms with Crippen LogP contribution in [0.25, 0.3) is 0 Å². The first kappa shape index (κ1) is 17.0. The van der Waals surface area contributed by atoms with Gasteiger partial charge in [0.2, 0.25) is 0 Å². The van der Waals surface area contributed by atoms with E-state index < -0.39 is 0 Å². The van der Waals surface area contributed by atoms with Gasteiger partial charge in [0.1, 0.15) is 0 Å². The van der Waals surface area contributed by atoms with Crippen molar-refractivity contribution in [1.82, 2.24) is 4.90 Å². The summed E-state index contributed by atoms with van der Waals surface area (Å²) < 4.78 is 0.979. The second-order valence-corrected chi connectivity index (χ2v) is 7.54.